The summed E-state index contributed by atoms with van der Waals surface area (Å²) in [7, 11) is 0. The fourth-order valence-corrected chi connectivity index (χ4v) is 2.29. The number of ether oxygens (including phenoxy) is 1. The summed E-state index contributed by atoms with van der Waals surface area (Å²) in [5, 5.41) is 13.5. The van der Waals surface area contributed by atoms with Gasteiger partial charge in [0.25, 0.3) is 0 Å². The number of hydrogen-bond acceptors (Lipinski definition) is 4. The van der Waals surface area contributed by atoms with Crippen LogP contribution in [-0.2, 0) is 9.53 Å². The van der Waals surface area contributed by atoms with E-state index in [2.05, 4.69) is 10.7 Å². The van der Waals surface area contributed by atoms with Crippen LogP contribution in [0, 0.1) is 5.92 Å². The van der Waals surface area contributed by atoms with Gasteiger partial charge in [-0.25, -0.2) is 9.80 Å². The van der Waals surface area contributed by atoms with Crippen molar-refractivity contribution < 1.29 is 19.4 Å². The molecule has 2 unspecified atom stereocenters. The zero-order valence-corrected chi connectivity index (χ0v) is 10.2. The van der Waals surface area contributed by atoms with Crippen LogP contribution in [0.4, 0.5) is 4.79 Å². The molecule has 0 bridgehead atoms. The van der Waals surface area contributed by atoms with Gasteiger partial charge in [0.15, 0.2) is 0 Å². The molecule has 0 saturated carbocycles. The highest BCUT2D eigenvalue weighted by Gasteiger charge is 2.35. The van der Waals surface area contributed by atoms with Crippen molar-refractivity contribution in [2.24, 2.45) is 5.92 Å². The Hall–Kier alpha value is -1.34. The second kappa shape index (κ2) is 6.01. The Bertz CT molecular complexity index is 317. The number of aliphatic carboxylic acids is 1. The summed E-state index contributed by atoms with van der Waals surface area (Å²) in [5.74, 6) is -1.59. The lowest BCUT2D eigenvalue weighted by atomic mass is 10.0. The molecule has 0 aliphatic carbocycles. The monoisotopic (exact) mass is 257 g/mol. The largest absolute Gasteiger partial charge is 0.481 e. The first-order valence-corrected chi connectivity index (χ1v) is 6.29. The molecule has 0 radical (unpaired) electrons. The normalized spacial score (nSPS) is 28.9. The third-order valence-electron chi connectivity index (χ3n) is 3.33. The highest BCUT2D eigenvalue weighted by Crippen LogP contribution is 2.13. The molecule has 0 aromatic rings. The number of carbonyl (C=O) groups excluding carboxylic acids is 1. The van der Waals surface area contributed by atoms with Gasteiger partial charge >= 0.3 is 12.0 Å². The average molecular weight is 257 g/mol. The van der Waals surface area contributed by atoms with Gasteiger partial charge < -0.3 is 15.2 Å². The van der Waals surface area contributed by atoms with Crippen LogP contribution in [0.5, 0.6) is 0 Å². The van der Waals surface area contributed by atoms with Crippen LogP contribution in [0.25, 0.3) is 0 Å². The van der Waals surface area contributed by atoms with Gasteiger partial charge in [0.2, 0.25) is 0 Å². The lowest BCUT2D eigenvalue weighted by molar-refractivity contribution is -0.142. The number of carbonyl (C=O) groups is 2. The predicted molar refractivity (Wildman–Crippen MR) is 62.8 cm³/mol. The van der Waals surface area contributed by atoms with E-state index >= 15 is 0 Å². The Morgan fingerprint density at radius 1 is 1.17 bits per heavy atom. The van der Waals surface area contributed by atoms with Crippen molar-refractivity contribution in [2.45, 2.75) is 25.3 Å². The van der Waals surface area contributed by atoms with Crippen molar-refractivity contribution in [2.75, 3.05) is 26.3 Å². The molecule has 2 rings (SSSR count). The van der Waals surface area contributed by atoms with E-state index in [0.29, 0.717) is 0 Å². The molecule has 2 heterocycles. The summed E-state index contributed by atoms with van der Waals surface area (Å²) in [6.07, 6.45) is 3.34. The van der Waals surface area contributed by atoms with Crippen LogP contribution in [0.1, 0.15) is 19.3 Å². The van der Waals surface area contributed by atoms with Crippen molar-refractivity contribution in [3.05, 3.63) is 0 Å². The smallest absolute Gasteiger partial charge is 0.329 e. The van der Waals surface area contributed by atoms with Gasteiger partial charge in [0.1, 0.15) is 5.92 Å². The maximum atomic E-state index is 11.7. The van der Waals surface area contributed by atoms with Gasteiger partial charge in [-0.2, -0.15) is 0 Å². The quantitative estimate of drug-likeness (QED) is 0.650. The van der Waals surface area contributed by atoms with Crippen LogP contribution in [-0.4, -0.2) is 54.5 Å². The molecular weight excluding hydrogens is 238 g/mol. The molecule has 3 N–H and O–H groups in total. The molecule has 0 aromatic carbocycles. The van der Waals surface area contributed by atoms with Crippen molar-refractivity contribution >= 4 is 12.0 Å². The minimum atomic E-state index is -0.934. The minimum Gasteiger partial charge on any atom is -0.481 e. The summed E-state index contributed by atoms with van der Waals surface area (Å²) in [6.45, 7) is 2.10. The molecule has 2 aliphatic rings. The second-order valence-electron chi connectivity index (χ2n) is 4.72. The number of nitrogens with zero attached hydrogens (tertiary/aromatic N) is 1. The van der Waals surface area contributed by atoms with Crippen LogP contribution in [0.2, 0.25) is 0 Å². The van der Waals surface area contributed by atoms with E-state index in [0.717, 1.165) is 25.9 Å². The Morgan fingerprint density at radius 3 is 2.56 bits per heavy atom. The molecule has 18 heavy (non-hydrogen) atoms. The lowest BCUT2D eigenvalue weighted by Crippen LogP contribution is -2.53. The molecule has 2 fully saturated rings. The number of nitrogens with one attached hydrogen (secondary N) is 2. The third kappa shape index (κ3) is 3.33. The first-order chi connectivity index (χ1) is 8.66. The molecule has 7 nitrogen and oxygen atoms in total. The molecule has 2 amide bonds. The third-order valence-corrected chi connectivity index (χ3v) is 3.33. The Labute approximate surface area is 105 Å². The summed E-state index contributed by atoms with van der Waals surface area (Å²) in [6, 6.07) is -0.800. The Kier molecular flexibility index (Phi) is 4.38. The Balaban J connectivity index is 1.77. The number of hydrazine groups is 1. The number of amides is 2. The SMILES string of the molecule is O=C(NC1COCC1C(=O)O)NN1CCCCC1. The fraction of sp³-hybridized carbons (Fsp3) is 0.818. The summed E-state index contributed by atoms with van der Waals surface area (Å²) in [5.41, 5.74) is 2.74. The number of hydrogen-bond donors (Lipinski definition) is 3. The highest BCUT2D eigenvalue weighted by molar-refractivity contribution is 5.76. The standard InChI is InChI=1S/C11H19N3O4/c15-10(16)8-6-18-7-9(8)12-11(17)13-14-4-2-1-3-5-14/h8-9H,1-7H2,(H,15,16)(H2,12,13,17). The zero-order chi connectivity index (χ0) is 13.0. The first kappa shape index (κ1) is 13.1. The van der Waals surface area contributed by atoms with Crippen LogP contribution < -0.4 is 10.7 Å². The topological polar surface area (TPSA) is 90.9 Å². The van der Waals surface area contributed by atoms with E-state index in [1.165, 1.54) is 6.42 Å². The molecule has 2 aliphatic heterocycles. The number of carboxylic acids is 1. The second-order valence-corrected chi connectivity index (χ2v) is 4.72. The molecule has 102 valence electrons. The van der Waals surface area contributed by atoms with Crippen LogP contribution in [0.3, 0.4) is 0 Å². The molecule has 2 atom stereocenters. The summed E-state index contributed by atoms with van der Waals surface area (Å²) in [4.78, 5) is 22.6. The average Bonchev–Trinajstić information content (AvgIpc) is 2.78. The van der Waals surface area contributed by atoms with E-state index in [4.69, 9.17) is 9.84 Å². The highest BCUT2D eigenvalue weighted by atomic mass is 16.5. The lowest BCUT2D eigenvalue weighted by Gasteiger charge is -2.27. The zero-order valence-electron chi connectivity index (χ0n) is 10.2. The molecule has 7 heteroatoms. The van der Waals surface area contributed by atoms with Gasteiger partial charge in [-0.05, 0) is 12.8 Å². The van der Waals surface area contributed by atoms with Crippen molar-refractivity contribution in [3.8, 4) is 0 Å². The number of urea groups is 1. The molecular formula is C11H19N3O4. The van der Waals surface area contributed by atoms with Gasteiger partial charge in [-0.3, -0.25) is 10.2 Å². The van der Waals surface area contributed by atoms with Crippen LogP contribution >= 0.6 is 0 Å². The fourth-order valence-electron chi connectivity index (χ4n) is 2.29. The maximum absolute atomic E-state index is 11.7. The van der Waals surface area contributed by atoms with E-state index in [1.54, 1.807) is 0 Å². The van der Waals surface area contributed by atoms with E-state index < -0.39 is 17.9 Å². The van der Waals surface area contributed by atoms with Crippen molar-refractivity contribution in [1.29, 1.82) is 0 Å². The van der Waals surface area contributed by atoms with Crippen molar-refractivity contribution in [1.82, 2.24) is 15.8 Å². The Morgan fingerprint density at radius 2 is 1.89 bits per heavy atom. The first-order valence-electron chi connectivity index (χ1n) is 6.29. The van der Waals surface area contributed by atoms with E-state index in [1.807, 2.05) is 5.01 Å². The molecule has 0 spiro atoms. The van der Waals surface area contributed by atoms with Gasteiger partial charge in [-0.15, -0.1) is 0 Å². The minimum absolute atomic E-state index is 0.157. The van der Waals surface area contributed by atoms with Gasteiger partial charge in [0.05, 0.1) is 19.3 Å². The van der Waals surface area contributed by atoms with E-state index in [9.17, 15) is 9.59 Å². The molecule has 2 saturated heterocycles. The van der Waals surface area contributed by atoms with E-state index in [-0.39, 0.29) is 19.2 Å². The van der Waals surface area contributed by atoms with Crippen LogP contribution in [0.15, 0.2) is 0 Å². The molecule has 0 aromatic heterocycles. The maximum Gasteiger partial charge on any atom is 0.329 e. The van der Waals surface area contributed by atoms with Gasteiger partial charge in [-0.1, -0.05) is 6.42 Å². The summed E-state index contributed by atoms with van der Waals surface area (Å²) >= 11 is 0. The number of piperidine rings is 1. The summed E-state index contributed by atoms with van der Waals surface area (Å²) < 4.78 is 5.08. The van der Waals surface area contributed by atoms with Crippen molar-refractivity contribution in [3.63, 3.8) is 0 Å². The predicted octanol–water partition coefficient (Wildman–Crippen LogP) is -0.214. The van der Waals surface area contributed by atoms with Gasteiger partial charge in [0, 0.05) is 13.1 Å². The number of rotatable bonds is 3. The number of carboxylic acid groups (broad SMARTS) is 1.